The molecule has 1 saturated heterocycles. The van der Waals surface area contributed by atoms with Gasteiger partial charge in [-0.2, -0.15) is 12.6 Å². The Morgan fingerprint density at radius 1 is 1.50 bits per heavy atom. The van der Waals surface area contributed by atoms with E-state index in [1.807, 2.05) is 0 Å². The molecule has 1 fully saturated rings. The first-order valence-electron chi connectivity index (χ1n) is 5.13. The van der Waals surface area contributed by atoms with Crippen molar-refractivity contribution < 1.29 is 9.18 Å². The van der Waals surface area contributed by atoms with Gasteiger partial charge < -0.3 is 10.2 Å². The van der Waals surface area contributed by atoms with E-state index in [9.17, 15) is 9.18 Å². The number of nitrogens with one attached hydrogen (secondary N) is 1. The fraction of sp³-hybridized carbons (Fsp3) is 0.364. The Labute approximate surface area is 99.0 Å². The van der Waals surface area contributed by atoms with Gasteiger partial charge in [0.1, 0.15) is 5.82 Å². The van der Waals surface area contributed by atoms with Gasteiger partial charge in [0.2, 0.25) is 0 Å². The number of carbonyl (C=O) groups excluding carboxylic acids is 1. The van der Waals surface area contributed by atoms with E-state index in [0.717, 1.165) is 0 Å². The summed E-state index contributed by atoms with van der Waals surface area (Å²) in [4.78, 5) is 13.2. The predicted molar refractivity (Wildman–Crippen MR) is 63.1 cm³/mol. The van der Waals surface area contributed by atoms with Crippen molar-refractivity contribution in [1.29, 1.82) is 0 Å². The highest BCUT2D eigenvalue weighted by Gasteiger charge is 2.30. The van der Waals surface area contributed by atoms with Gasteiger partial charge in [-0.15, -0.1) is 0 Å². The summed E-state index contributed by atoms with van der Waals surface area (Å²) in [5.74, 6) is 0.331. The third-order valence-corrected chi connectivity index (χ3v) is 2.84. The highest BCUT2D eigenvalue weighted by molar-refractivity contribution is 7.80. The van der Waals surface area contributed by atoms with E-state index in [4.69, 9.17) is 0 Å². The van der Waals surface area contributed by atoms with Gasteiger partial charge in [-0.1, -0.05) is 18.2 Å². The number of nitrogens with zero attached hydrogens (tertiary/aromatic N) is 1. The molecular weight excluding hydrogens is 227 g/mol. The van der Waals surface area contributed by atoms with Crippen LogP contribution in [0.3, 0.4) is 0 Å². The van der Waals surface area contributed by atoms with Gasteiger partial charge in [0.05, 0.1) is 6.04 Å². The molecule has 2 amide bonds. The van der Waals surface area contributed by atoms with Crippen LogP contribution < -0.4 is 5.32 Å². The normalized spacial score (nSPS) is 20.0. The van der Waals surface area contributed by atoms with Crippen LogP contribution in [0.5, 0.6) is 0 Å². The van der Waals surface area contributed by atoms with Gasteiger partial charge in [0.15, 0.2) is 0 Å². The molecule has 0 saturated carbocycles. The van der Waals surface area contributed by atoms with Crippen LogP contribution in [-0.4, -0.2) is 29.8 Å². The molecule has 1 heterocycles. The van der Waals surface area contributed by atoms with Crippen molar-refractivity contribution in [2.75, 3.05) is 18.8 Å². The SMILES string of the molecule is O=C1NC(c2ccccc2F)CN1CCS. The summed E-state index contributed by atoms with van der Waals surface area (Å²) in [5, 5.41) is 2.76. The Hall–Kier alpha value is -1.23. The minimum absolute atomic E-state index is 0.151. The van der Waals surface area contributed by atoms with Gasteiger partial charge in [-0.3, -0.25) is 0 Å². The highest BCUT2D eigenvalue weighted by atomic mass is 32.1. The van der Waals surface area contributed by atoms with Crippen molar-refractivity contribution in [3.05, 3.63) is 35.6 Å². The molecular formula is C11H13FN2OS. The second-order valence-electron chi connectivity index (χ2n) is 3.69. The van der Waals surface area contributed by atoms with Crippen LogP contribution in [0, 0.1) is 5.82 Å². The number of amides is 2. The minimum atomic E-state index is -0.277. The molecule has 1 atom stereocenters. The first kappa shape index (κ1) is 11.3. The summed E-state index contributed by atoms with van der Waals surface area (Å²) in [6.07, 6.45) is 0. The van der Waals surface area contributed by atoms with Crippen molar-refractivity contribution >= 4 is 18.7 Å². The summed E-state index contributed by atoms with van der Waals surface area (Å²) in [5.41, 5.74) is 0.539. The molecule has 86 valence electrons. The van der Waals surface area contributed by atoms with E-state index in [2.05, 4.69) is 17.9 Å². The Morgan fingerprint density at radius 2 is 2.25 bits per heavy atom. The van der Waals surface area contributed by atoms with E-state index >= 15 is 0 Å². The van der Waals surface area contributed by atoms with Crippen molar-refractivity contribution in [2.24, 2.45) is 0 Å². The first-order valence-corrected chi connectivity index (χ1v) is 5.76. The van der Waals surface area contributed by atoms with E-state index in [1.54, 1.807) is 23.1 Å². The minimum Gasteiger partial charge on any atom is -0.329 e. The van der Waals surface area contributed by atoms with Crippen LogP contribution in [0.15, 0.2) is 24.3 Å². The molecule has 1 unspecified atom stereocenters. The molecule has 1 aliphatic rings. The average Bonchev–Trinajstić information content (AvgIpc) is 2.61. The lowest BCUT2D eigenvalue weighted by molar-refractivity contribution is 0.220. The Balaban J connectivity index is 2.14. The molecule has 0 aromatic heterocycles. The van der Waals surface area contributed by atoms with E-state index in [1.165, 1.54) is 6.07 Å². The lowest BCUT2D eigenvalue weighted by atomic mass is 10.1. The zero-order valence-corrected chi connectivity index (χ0v) is 9.58. The molecule has 0 aliphatic carbocycles. The van der Waals surface area contributed by atoms with Crippen LogP contribution in [0.4, 0.5) is 9.18 Å². The maximum absolute atomic E-state index is 13.5. The van der Waals surface area contributed by atoms with Crippen LogP contribution >= 0.6 is 12.6 Å². The summed E-state index contributed by atoms with van der Waals surface area (Å²) in [7, 11) is 0. The average molecular weight is 240 g/mol. The van der Waals surface area contributed by atoms with Gasteiger partial charge in [-0.05, 0) is 6.07 Å². The standard InChI is InChI=1S/C11H13FN2OS/c12-9-4-2-1-3-8(9)10-7-14(5-6-16)11(15)13-10/h1-4,10,16H,5-7H2,(H,13,15). The van der Waals surface area contributed by atoms with E-state index in [0.29, 0.717) is 24.4 Å². The number of halogens is 1. The first-order chi connectivity index (χ1) is 7.72. The van der Waals surface area contributed by atoms with Crippen LogP contribution in [0.2, 0.25) is 0 Å². The zero-order valence-electron chi connectivity index (χ0n) is 8.69. The largest absolute Gasteiger partial charge is 0.329 e. The van der Waals surface area contributed by atoms with Gasteiger partial charge in [0, 0.05) is 24.4 Å². The van der Waals surface area contributed by atoms with E-state index in [-0.39, 0.29) is 17.9 Å². The fourth-order valence-electron chi connectivity index (χ4n) is 1.84. The Morgan fingerprint density at radius 3 is 2.94 bits per heavy atom. The molecule has 1 aliphatic heterocycles. The smallest absolute Gasteiger partial charge is 0.318 e. The molecule has 1 aromatic rings. The molecule has 0 bridgehead atoms. The van der Waals surface area contributed by atoms with Crippen LogP contribution in [0.1, 0.15) is 11.6 Å². The number of carbonyl (C=O) groups is 1. The summed E-state index contributed by atoms with van der Waals surface area (Å²) in [6, 6.07) is 6.11. The molecule has 2 rings (SSSR count). The Bertz CT molecular complexity index is 399. The quantitative estimate of drug-likeness (QED) is 0.776. The number of urea groups is 1. The van der Waals surface area contributed by atoms with E-state index < -0.39 is 0 Å². The van der Waals surface area contributed by atoms with Crippen LogP contribution in [0.25, 0.3) is 0 Å². The maximum atomic E-state index is 13.5. The predicted octanol–water partition coefficient (Wildman–Crippen LogP) is 1.82. The van der Waals surface area contributed by atoms with Crippen molar-refractivity contribution in [1.82, 2.24) is 10.2 Å². The lowest BCUT2D eigenvalue weighted by Gasteiger charge is -2.13. The Kier molecular flexibility index (Phi) is 3.33. The molecule has 0 spiro atoms. The third kappa shape index (κ3) is 2.14. The molecule has 1 aromatic carbocycles. The molecule has 16 heavy (non-hydrogen) atoms. The monoisotopic (exact) mass is 240 g/mol. The van der Waals surface area contributed by atoms with Gasteiger partial charge in [0.25, 0.3) is 0 Å². The number of rotatable bonds is 3. The number of hydrogen-bond acceptors (Lipinski definition) is 2. The van der Waals surface area contributed by atoms with Crippen molar-refractivity contribution in [2.45, 2.75) is 6.04 Å². The molecule has 5 heteroatoms. The zero-order chi connectivity index (χ0) is 11.5. The van der Waals surface area contributed by atoms with Crippen LogP contribution in [-0.2, 0) is 0 Å². The maximum Gasteiger partial charge on any atom is 0.318 e. The van der Waals surface area contributed by atoms with Crippen molar-refractivity contribution in [3.8, 4) is 0 Å². The second-order valence-corrected chi connectivity index (χ2v) is 4.14. The van der Waals surface area contributed by atoms with Crippen molar-refractivity contribution in [3.63, 3.8) is 0 Å². The second kappa shape index (κ2) is 4.74. The number of thiol groups is 1. The lowest BCUT2D eigenvalue weighted by Crippen LogP contribution is -2.29. The summed E-state index contributed by atoms with van der Waals surface area (Å²) < 4.78 is 13.5. The third-order valence-electron chi connectivity index (χ3n) is 2.64. The molecule has 3 nitrogen and oxygen atoms in total. The number of benzene rings is 1. The molecule has 0 radical (unpaired) electrons. The fourth-order valence-corrected chi connectivity index (χ4v) is 2.08. The van der Waals surface area contributed by atoms with Gasteiger partial charge >= 0.3 is 6.03 Å². The molecule has 1 N–H and O–H groups in total. The number of hydrogen-bond donors (Lipinski definition) is 2. The summed E-state index contributed by atoms with van der Waals surface area (Å²) >= 11 is 4.08. The highest BCUT2D eigenvalue weighted by Crippen LogP contribution is 2.22. The summed E-state index contributed by atoms with van der Waals surface area (Å²) in [6.45, 7) is 1.08. The topological polar surface area (TPSA) is 32.3 Å². The van der Waals surface area contributed by atoms with Gasteiger partial charge in [-0.25, -0.2) is 9.18 Å².